The number of aryl methyl sites for hydroxylation is 1. The first kappa shape index (κ1) is 15.5. The number of benzene rings is 1. The van der Waals surface area contributed by atoms with Crippen LogP contribution in [-0.4, -0.2) is 28.6 Å². The average molecular weight is 275 g/mol. The first-order valence-corrected chi connectivity index (χ1v) is 8.06. The molecule has 0 radical (unpaired) electrons. The van der Waals surface area contributed by atoms with Crippen molar-refractivity contribution in [2.75, 3.05) is 13.1 Å². The summed E-state index contributed by atoms with van der Waals surface area (Å²) in [5, 5.41) is 11.2. The van der Waals surface area contributed by atoms with Crippen LogP contribution in [0.2, 0.25) is 0 Å². The highest BCUT2D eigenvalue weighted by Gasteiger charge is 2.42. The zero-order valence-corrected chi connectivity index (χ0v) is 13.4. The molecule has 1 aromatic carbocycles. The molecule has 0 aromatic heterocycles. The number of hydrogen-bond acceptors (Lipinski definition) is 2. The molecule has 112 valence electrons. The van der Waals surface area contributed by atoms with Gasteiger partial charge in [-0.15, -0.1) is 0 Å². The van der Waals surface area contributed by atoms with Crippen molar-refractivity contribution in [3.05, 3.63) is 34.9 Å². The van der Waals surface area contributed by atoms with Gasteiger partial charge >= 0.3 is 0 Å². The third-order valence-electron chi connectivity index (χ3n) is 5.41. The standard InChI is InChI=1S/C18H29NO/c1-5-18(6-2,19-12-7-8-13-19)17(20)16-11-9-10-14(3)15(16)4/h9-11,17,20H,5-8,12-13H2,1-4H3. The molecule has 1 N–H and O–H groups in total. The Kier molecular flexibility index (Phi) is 4.87. The van der Waals surface area contributed by atoms with Crippen molar-refractivity contribution in [3.63, 3.8) is 0 Å². The summed E-state index contributed by atoms with van der Waals surface area (Å²) in [5.74, 6) is 0. The number of aliphatic hydroxyl groups excluding tert-OH is 1. The maximum atomic E-state index is 11.2. The molecular formula is C18H29NO. The van der Waals surface area contributed by atoms with E-state index in [-0.39, 0.29) is 5.54 Å². The van der Waals surface area contributed by atoms with Gasteiger partial charge in [0.2, 0.25) is 0 Å². The quantitative estimate of drug-likeness (QED) is 0.878. The van der Waals surface area contributed by atoms with Crippen LogP contribution in [0, 0.1) is 13.8 Å². The SMILES string of the molecule is CCC(CC)(C(O)c1cccc(C)c1C)N1CCCC1. The summed E-state index contributed by atoms with van der Waals surface area (Å²) in [4.78, 5) is 2.53. The lowest BCUT2D eigenvalue weighted by atomic mass is 9.79. The fraction of sp³-hybridized carbons (Fsp3) is 0.667. The van der Waals surface area contributed by atoms with Crippen LogP contribution >= 0.6 is 0 Å². The van der Waals surface area contributed by atoms with E-state index >= 15 is 0 Å². The molecule has 1 saturated heterocycles. The summed E-state index contributed by atoms with van der Waals surface area (Å²) in [6.07, 6.45) is 4.13. The normalized spacial score (nSPS) is 18.4. The minimum absolute atomic E-state index is 0.102. The van der Waals surface area contributed by atoms with Crippen molar-refractivity contribution in [1.82, 2.24) is 4.90 Å². The highest BCUT2D eigenvalue weighted by molar-refractivity contribution is 5.36. The molecule has 1 unspecified atom stereocenters. The highest BCUT2D eigenvalue weighted by atomic mass is 16.3. The molecule has 0 aliphatic carbocycles. The molecule has 0 amide bonds. The van der Waals surface area contributed by atoms with Gasteiger partial charge in [0.1, 0.15) is 0 Å². The minimum atomic E-state index is -0.393. The number of aliphatic hydroxyl groups is 1. The maximum Gasteiger partial charge on any atom is 0.0976 e. The molecule has 20 heavy (non-hydrogen) atoms. The summed E-state index contributed by atoms with van der Waals surface area (Å²) in [6.45, 7) is 11.0. The van der Waals surface area contributed by atoms with Crippen LogP contribution in [0.4, 0.5) is 0 Å². The van der Waals surface area contributed by atoms with Crippen LogP contribution < -0.4 is 0 Å². The van der Waals surface area contributed by atoms with Crippen molar-refractivity contribution < 1.29 is 5.11 Å². The third-order valence-corrected chi connectivity index (χ3v) is 5.41. The van der Waals surface area contributed by atoms with Crippen LogP contribution in [0.5, 0.6) is 0 Å². The van der Waals surface area contributed by atoms with E-state index in [4.69, 9.17) is 0 Å². The molecule has 1 atom stereocenters. The number of rotatable bonds is 5. The molecule has 1 aliphatic rings. The van der Waals surface area contributed by atoms with Crippen LogP contribution in [0.25, 0.3) is 0 Å². The van der Waals surface area contributed by atoms with Crippen LogP contribution in [0.3, 0.4) is 0 Å². The Morgan fingerprint density at radius 1 is 1.15 bits per heavy atom. The molecule has 1 aliphatic heterocycles. The predicted molar refractivity (Wildman–Crippen MR) is 85.0 cm³/mol. The van der Waals surface area contributed by atoms with Gasteiger partial charge in [0.25, 0.3) is 0 Å². The van der Waals surface area contributed by atoms with Gasteiger partial charge in [0, 0.05) is 0 Å². The second kappa shape index (κ2) is 6.28. The topological polar surface area (TPSA) is 23.5 Å². The Balaban J connectivity index is 2.40. The molecule has 0 bridgehead atoms. The Hall–Kier alpha value is -0.860. The van der Waals surface area contributed by atoms with E-state index in [0.29, 0.717) is 0 Å². The lowest BCUT2D eigenvalue weighted by molar-refractivity contribution is -0.0298. The molecule has 1 heterocycles. The zero-order chi connectivity index (χ0) is 14.8. The molecule has 2 heteroatoms. The smallest absolute Gasteiger partial charge is 0.0976 e. The fourth-order valence-electron chi connectivity index (χ4n) is 3.78. The molecule has 1 aromatic rings. The van der Waals surface area contributed by atoms with Crippen molar-refractivity contribution in [3.8, 4) is 0 Å². The molecule has 0 spiro atoms. The van der Waals surface area contributed by atoms with Gasteiger partial charge in [0.05, 0.1) is 11.6 Å². The van der Waals surface area contributed by atoms with Gasteiger partial charge in [-0.3, -0.25) is 4.90 Å². The molecular weight excluding hydrogens is 246 g/mol. The summed E-state index contributed by atoms with van der Waals surface area (Å²) < 4.78 is 0. The lowest BCUT2D eigenvalue weighted by Crippen LogP contribution is -2.51. The Bertz CT molecular complexity index is 445. The third kappa shape index (κ3) is 2.51. The number of nitrogens with zero attached hydrogens (tertiary/aromatic N) is 1. The van der Waals surface area contributed by atoms with Gasteiger partial charge in [-0.05, 0) is 69.3 Å². The summed E-state index contributed by atoms with van der Waals surface area (Å²) in [7, 11) is 0. The molecule has 2 nitrogen and oxygen atoms in total. The van der Waals surface area contributed by atoms with Gasteiger partial charge < -0.3 is 5.11 Å². The zero-order valence-electron chi connectivity index (χ0n) is 13.4. The largest absolute Gasteiger partial charge is 0.386 e. The van der Waals surface area contributed by atoms with E-state index in [1.807, 2.05) is 0 Å². The van der Waals surface area contributed by atoms with Crippen LogP contribution in [0.15, 0.2) is 18.2 Å². The number of likely N-dealkylation sites (tertiary alicyclic amines) is 1. The first-order valence-electron chi connectivity index (χ1n) is 8.06. The minimum Gasteiger partial charge on any atom is -0.386 e. The first-order chi connectivity index (χ1) is 9.56. The summed E-state index contributed by atoms with van der Waals surface area (Å²) in [6, 6.07) is 6.30. The van der Waals surface area contributed by atoms with E-state index < -0.39 is 6.10 Å². The second-order valence-electron chi connectivity index (χ2n) is 6.20. The van der Waals surface area contributed by atoms with E-state index in [2.05, 4.69) is 50.8 Å². The van der Waals surface area contributed by atoms with Gasteiger partial charge in [0.15, 0.2) is 0 Å². The highest BCUT2D eigenvalue weighted by Crippen LogP contribution is 2.40. The van der Waals surface area contributed by atoms with Gasteiger partial charge in [-0.25, -0.2) is 0 Å². The summed E-state index contributed by atoms with van der Waals surface area (Å²) >= 11 is 0. The van der Waals surface area contributed by atoms with E-state index in [0.717, 1.165) is 31.5 Å². The van der Waals surface area contributed by atoms with E-state index in [1.165, 1.54) is 24.0 Å². The Morgan fingerprint density at radius 2 is 1.75 bits per heavy atom. The Morgan fingerprint density at radius 3 is 2.30 bits per heavy atom. The second-order valence-corrected chi connectivity index (χ2v) is 6.20. The average Bonchev–Trinajstić information content (AvgIpc) is 2.98. The molecule has 2 rings (SSSR count). The maximum absolute atomic E-state index is 11.2. The fourth-order valence-corrected chi connectivity index (χ4v) is 3.78. The van der Waals surface area contributed by atoms with Crippen LogP contribution in [-0.2, 0) is 0 Å². The predicted octanol–water partition coefficient (Wildman–Crippen LogP) is 3.99. The van der Waals surface area contributed by atoms with Crippen molar-refractivity contribution in [2.24, 2.45) is 0 Å². The van der Waals surface area contributed by atoms with Crippen molar-refractivity contribution >= 4 is 0 Å². The monoisotopic (exact) mass is 275 g/mol. The molecule has 1 fully saturated rings. The lowest BCUT2D eigenvalue weighted by Gasteiger charge is -2.45. The van der Waals surface area contributed by atoms with Crippen molar-refractivity contribution in [2.45, 2.75) is 65.0 Å². The van der Waals surface area contributed by atoms with Crippen molar-refractivity contribution in [1.29, 1.82) is 0 Å². The molecule has 0 saturated carbocycles. The number of hydrogen-bond donors (Lipinski definition) is 1. The Labute approximate surface area is 123 Å². The van der Waals surface area contributed by atoms with E-state index in [1.54, 1.807) is 0 Å². The van der Waals surface area contributed by atoms with Gasteiger partial charge in [-0.1, -0.05) is 32.0 Å². The van der Waals surface area contributed by atoms with Crippen LogP contribution in [0.1, 0.15) is 62.3 Å². The summed E-state index contributed by atoms with van der Waals surface area (Å²) in [5.41, 5.74) is 3.52. The van der Waals surface area contributed by atoms with E-state index in [9.17, 15) is 5.11 Å². The van der Waals surface area contributed by atoms with Gasteiger partial charge in [-0.2, -0.15) is 0 Å².